The second-order valence-electron chi connectivity index (χ2n) is 6.44. The number of aryl methyl sites for hydroxylation is 1. The van der Waals surface area contributed by atoms with Crippen molar-refractivity contribution in [3.05, 3.63) is 53.1 Å². The fraction of sp³-hybridized carbons (Fsp3) is 0.381. The number of benzene rings is 2. The van der Waals surface area contributed by atoms with Crippen LogP contribution in [0.5, 0.6) is 5.75 Å². The zero-order valence-electron chi connectivity index (χ0n) is 14.5. The molecule has 1 unspecified atom stereocenters. The second kappa shape index (κ2) is 8.39. The zero-order chi connectivity index (χ0) is 17.6. The first-order valence-corrected chi connectivity index (χ1v) is 9.18. The molecule has 0 saturated carbocycles. The van der Waals surface area contributed by atoms with Crippen LogP contribution >= 0.6 is 11.6 Å². The molecular weight excluding hydrogens is 336 g/mol. The molecule has 0 saturated heterocycles. The molecule has 0 radical (unpaired) electrons. The standard InChI is InChI=1S/C21H23ClO3/c1-15(23)24-13-3-2-4-20-11-7-18-14-17(8-12-21(18)25-20)16-5-9-19(22)10-6-16/h5-6,8-10,12,14,20H,2-4,7,11,13H2,1H3. The van der Waals surface area contributed by atoms with Crippen molar-refractivity contribution >= 4 is 17.6 Å². The van der Waals surface area contributed by atoms with Crippen molar-refractivity contribution in [3.8, 4) is 16.9 Å². The van der Waals surface area contributed by atoms with Gasteiger partial charge in [-0.05, 0) is 73.1 Å². The van der Waals surface area contributed by atoms with E-state index in [0.29, 0.717) is 6.61 Å². The first-order valence-electron chi connectivity index (χ1n) is 8.81. The predicted molar refractivity (Wildman–Crippen MR) is 100 cm³/mol. The van der Waals surface area contributed by atoms with Gasteiger partial charge in [0, 0.05) is 11.9 Å². The van der Waals surface area contributed by atoms with Crippen molar-refractivity contribution in [2.24, 2.45) is 0 Å². The SMILES string of the molecule is CC(=O)OCCCCC1CCc2cc(-c3ccc(Cl)cc3)ccc2O1. The minimum absolute atomic E-state index is 0.209. The summed E-state index contributed by atoms with van der Waals surface area (Å²) in [5.41, 5.74) is 3.63. The van der Waals surface area contributed by atoms with Crippen molar-refractivity contribution in [2.45, 2.75) is 45.1 Å². The van der Waals surface area contributed by atoms with Gasteiger partial charge in [0.1, 0.15) is 5.75 Å². The quantitative estimate of drug-likeness (QED) is 0.510. The Morgan fingerprint density at radius 1 is 1.16 bits per heavy atom. The number of rotatable bonds is 6. The lowest BCUT2D eigenvalue weighted by molar-refractivity contribution is -0.141. The number of esters is 1. The van der Waals surface area contributed by atoms with Gasteiger partial charge in [0.25, 0.3) is 0 Å². The summed E-state index contributed by atoms with van der Waals surface area (Å²) in [5.74, 6) is 0.785. The number of hydrogen-bond donors (Lipinski definition) is 0. The summed E-state index contributed by atoms with van der Waals surface area (Å²) in [6.45, 7) is 1.95. The van der Waals surface area contributed by atoms with Crippen molar-refractivity contribution in [2.75, 3.05) is 6.61 Å². The van der Waals surface area contributed by atoms with Crippen LogP contribution in [-0.2, 0) is 16.0 Å². The van der Waals surface area contributed by atoms with E-state index in [-0.39, 0.29) is 12.1 Å². The molecule has 3 rings (SSSR count). The van der Waals surface area contributed by atoms with Crippen molar-refractivity contribution in [3.63, 3.8) is 0 Å². The molecule has 2 aromatic rings. The van der Waals surface area contributed by atoms with Crippen molar-refractivity contribution in [1.82, 2.24) is 0 Å². The Kier molecular flexibility index (Phi) is 5.98. The van der Waals surface area contributed by atoms with Gasteiger partial charge in [0.2, 0.25) is 0 Å². The highest BCUT2D eigenvalue weighted by Crippen LogP contribution is 2.33. The van der Waals surface area contributed by atoms with Crippen LogP contribution in [0.25, 0.3) is 11.1 Å². The van der Waals surface area contributed by atoms with Gasteiger partial charge in [0.05, 0.1) is 12.7 Å². The lowest BCUT2D eigenvalue weighted by Crippen LogP contribution is -2.22. The maximum atomic E-state index is 10.7. The highest BCUT2D eigenvalue weighted by atomic mass is 35.5. The Hall–Kier alpha value is -2.00. The molecule has 0 bridgehead atoms. The largest absolute Gasteiger partial charge is 0.490 e. The number of carbonyl (C=O) groups excluding carboxylic acids is 1. The summed E-state index contributed by atoms with van der Waals surface area (Å²) in [4.78, 5) is 10.7. The van der Waals surface area contributed by atoms with E-state index in [0.717, 1.165) is 42.9 Å². The molecule has 0 aliphatic carbocycles. The molecule has 1 heterocycles. The van der Waals surface area contributed by atoms with E-state index in [2.05, 4.69) is 18.2 Å². The third kappa shape index (κ3) is 4.99. The third-order valence-corrected chi connectivity index (χ3v) is 4.75. The van der Waals surface area contributed by atoms with Crippen LogP contribution in [-0.4, -0.2) is 18.7 Å². The number of halogens is 1. The molecular formula is C21H23ClO3. The molecule has 1 aliphatic heterocycles. The van der Waals surface area contributed by atoms with E-state index in [1.54, 1.807) is 0 Å². The van der Waals surface area contributed by atoms with Gasteiger partial charge < -0.3 is 9.47 Å². The summed E-state index contributed by atoms with van der Waals surface area (Å²) in [7, 11) is 0. The molecule has 0 amide bonds. The summed E-state index contributed by atoms with van der Waals surface area (Å²) in [6.07, 6.45) is 5.22. The maximum absolute atomic E-state index is 10.7. The minimum atomic E-state index is -0.209. The molecule has 1 atom stereocenters. The second-order valence-corrected chi connectivity index (χ2v) is 6.88. The number of carbonyl (C=O) groups is 1. The fourth-order valence-electron chi connectivity index (χ4n) is 3.16. The smallest absolute Gasteiger partial charge is 0.302 e. The van der Waals surface area contributed by atoms with Crippen LogP contribution in [0.1, 0.15) is 38.2 Å². The molecule has 2 aromatic carbocycles. The molecule has 3 nitrogen and oxygen atoms in total. The van der Waals surface area contributed by atoms with Gasteiger partial charge >= 0.3 is 5.97 Å². The van der Waals surface area contributed by atoms with Crippen LogP contribution in [0.2, 0.25) is 5.02 Å². The Balaban J connectivity index is 1.55. The molecule has 0 spiro atoms. The van der Waals surface area contributed by atoms with Gasteiger partial charge in [-0.1, -0.05) is 29.8 Å². The van der Waals surface area contributed by atoms with Gasteiger partial charge in [0.15, 0.2) is 0 Å². The van der Waals surface area contributed by atoms with Crippen LogP contribution < -0.4 is 4.74 Å². The molecule has 0 fully saturated rings. The number of hydrogen-bond acceptors (Lipinski definition) is 3. The highest BCUT2D eigenvalue weighted by molar-refractivity contribution is 6.30. The van der Waals surface area contributed by atoms with E-state index in [9.17, 15) is 4.79 Å². The van der Waals surface area contributed by atoms with Crippen molar-refractivity contribution < 1.29 is 14.3 Å². The van der Waals surface area contributed by atoms with E-state index in [1.165, 1.54) is 23.6 Å². The van der Waals surface area contributed by atoms with Gasteiger partial charge in [-0.2, -0.15) is 0 Å². The molecule has 25 heavy (non-hydrogen) atoms. The average molecular weight is 359 g/mol. The average Bonchev–Trinajstić information content (AvgIpc) is 2.61. The molecule has 132 valence electrons. The Labute approximate surface area is 153 Å². The summed E-state index contributed by atoms with van der Waals surface area (Å²) < 4.78 is 11.1. The van der Waals surface area contributed by atoms with Crippen LogP contribution in [0.15, 0.2) is 42.5 Å². The van der Waals surface area contributed by atoms with Crippen LogP contribution in [0.4, 0.5) is 0 Å². The fourth-order valence-corrected chi connectivity index (χ4v) is 3.29. The first-order chi connectivity index (χ1) is 12.1. The van der Waals surface area contributed by atoms with Gasteiger partial charge in [-0.25, -0.2) is 0 Å². The molecule has 1 aliphatic rings. The normalized spacial score (nSPS) is 16.0. The lowest BCUT2D eigenvalue weighted by atomic mass is 9.95. The Bertz CT molecular complexity index is 724. The van der Waals surface area contributed by atoms with Gasteiger partial charge in [-0.15, -0.1) is 0 Å². The first kappa shape index (κ1) is 17.8. The van der Waals surface area contributed by atoms with E-state index >= 15 is 0 Å². The van der Waals surface area contributed by atoms with E-state index in [1.807, 2.05) is 24.3 Å². The Morgan fingerprint density at radius 2 is 1.92 bits per heavy atom. The summed E-state index contributed by atoms with van der Waals surface area (Å²) >= 11 is 5.96. The number of ether oxygens (including phenoxy) is 2. The minimum Gasteiger partial charge on any atom is -0.490 e. The number of unbranched alkanes of at least 4 members (excludes halogenated alkanes) is 1. The topological polar surface area (TPSA) is 35.5 Å². The predicted octanol–water partition coefficient (Wildman–Crippen LogP) is 5.43. The number of fused-ring (bicyclic) bond motifs is 1. The summed E-state index contributed by atoms with van der Waals surface area (Å²) in [6, 6.07) is 14.3. The monoisotopic (exact) mass is 358 g/mol. The van der Waals surface area contributed by atoms with E-state index < -0.39 is 0 Å². The van der Waals surface area contributed by atoms with Crippen LogP contribution in [0.3, 0.4) is 0 Å². The lowest BCUT2D eigenvalue weighted by Gasteiger charge is -2.26. The Morgan fingerprint density at radius 3 is 2.68 bits per heavy atom. The molecule has 4 heteroatoms. The van der Waals surface area contributed by atoms with Gasteiger partial charge in [-0.3, -0.25) is 4.79 Å². The molecule has 0 aromatic heterocycles. The zero-order valence-corrected chi connectivity index (χ0v) is 15.2. The third-order valence-electron chi connectivity index (χ3n) is 4.49. The van der Waals surface area contributed by atoms with Crippen molar-refractivity contribution in [1.29, 1.82) is 0 Å². The highest BCUT2D eigenvalue weighted by Gasteiger charge is 2.19. The van der Waals surface area contributed by atoms with E-state index in [4.69, 9.17) is 21.1 Å². The summed E-state index contributed by atoms with van der Waals surface area (Å²) in [5, 5.41) is 0.751. The molecule has 0 N–H and O–H groups in total. The maximum Gasteiger partial charge on any atom is 0.302 e. The van der Waals surface area contributed by atoms with Crippen LogP contribution in [0, 0.1) is 0 Å².